The molecule has 0 aromatic heterocycles. The van der Waals surface area contributed by atoms with Gasteiger partial charge in [0, 0.05) is 0 Å². The molecule has 3 nitrogen and oxygen atoms in total. The fourth-order valence-corrected chi connectivity index (χ4v) is 1.64. The van der Waals surface area contributed by atoms with Crippen LogP contribution in [0, 0.1) is 0 Å². The lowest BCUT2D eigenvalue weighted by molar-refractivity contribution is 0.0697. The van der Waals surface area contributed by atoms with Crippen molar-refractivity contribution in [2.24, 2.45) is 0 Å². The van der Waals surface area contributed by atoms with E-state index in [0.717, 1.165) is 5.56 Å². The minimum absolute atomic E-state index is 0.312. The van der Waals surface area contributed by atoms with Gasteiger partial charge in [-0.15, -0.1) is 0 Å². The summed E-state index contributed by atoms with van der Waals surface area (Å²) in [6.45, 7) is 6.94. The van der Waals surface area contributed by atoms with E-state index in [2.05, 4.69) is 19.6 Å². The topological polar surface area (TPSA) is 46.5 Å². The number of aromatic carboxylic acids is 1. The molecule has 0 aliphatic carbocycles. The minimum Gasteiger partial charge on any atom is -0.478 e. The molecule has 0 aliphatic heterocycles. The van der Waals surface area contributed by atoms with E-state index in [1.807, 2.05) is 0 Å². The summed E-state index contributed by atoms with van der Waals surface area (Å²) in [4.78, 5) is 10.6. The van der Waals surface area contributed by atoms with Crippen molar-refractivity contribution in [1.82, 2.24) is 0 Å². The van der Waals surface area contributed by atoms with E-state index in [1.165, 1.54) is 0 Å². The Balaban J connectivity index is 2.61. The van der Waals surface area contributed by atoms with E-state index in [0.29, 0.717) is 12.2 Å². The second-order valence-corrected chi connectivity index (χ2v) is 8.92. The van der Waals surface area contributed by atoms with Gasteiger partial charge in [-0.05, 0) is 37.3 Å². The summed E-state index contributed by atoms with van der Waals surface area (Å²) in [7, 11) is -1.49. The van der Waals surface area contributed by atoms with Crippen LogP contribution in [0.2, 0.25) is 19.6 Å². The Morgan fingerprint density at radius 2 is 1.80 bits per heavy atom. The van der Waals surface area contributed by atoms with Crippen molar-refractivity contribution in [2.75, 3.05) is 0 Å². The molecule has 0 heterocycles. The molecule has 1 aromatic rings. The molecule has 0 fully saturated rings. The zero-order valence-corrected chi connectivity index (χ0v) is 10.3. The Morgan fingerprint density at radius 1 is 1.27 bits per heavy atom. The van der Waals surface area contributed by atoms with Crippen LogP contribution in [0.3, 0.4) is 0 Å². The molecule has 0 aliphatic rings. The highest BCUT2D eigenvalue weighted by Gasteiger charge is 2.13. The Kier molecular flexibility index (Phi) is 3.65. The lowest BCUT2D eigenvalue weighted by Gasteiger charge is -2.17. The van der Waals surface area contributed by atoms with Crippen LogP contribution in [0.1, 0.15) is 15.9 Å². The lowest BCUT2D eigenvalue weighted by Crippen LogP contribution is -2.24. The Bertz CT molecular complexity index is 338. The van der Waals surface area contributed by atoms with Crippen LogP contribution in [0.4, 0.5) is 0 Å². The van der Waals surface area contributed by atoms with Gasteiger partial charge in [-0.3, -0.25) is 0 Å². The van der Waals surface area contributed by atoms with Crippen LogP contribution in [0.15, 0.2) is 24.3 Å². The molecule has 0 saturated heterocycles. The first-order valence-corrected chi connectivity index (χ1v) is 8.25. The minimum atomic E-state index is -1.49. The third kappa shape index (κ3) is 4.27. The van der Waals surface area contributed by atoms with Gasteiger partial charge >= 0.3 is 5.97 Å². The molecule has 0 unspecified atom stereocenters. The van der Waals surface area contributed by atoms with Crippen LogP contribution in [0.25, 0.3) is 0 Å². The summed E-state index contributed by atoms with van der Waals surface area (Å²) in [5.74, 6) is -0.896. The van der Waals surface area contributed by atoms with Crippen molar-refractivity contribution in [1.29, 1.82) is 0 Å². The number of hydrogen-bond acceptors (Lipinski definition) is 2. The second-order valence-electron chi connectivity index (χ2n) is 4.40. The molecule has 15 heavy (non-hydrogen) atoms. The molecule has 1 N–H and O–H groups in total. The highest BCUT2D eigenvalue weighted by molar-refractivity contribution is 6.69. The normalized spacial score (nSPS) is 11.4. The maximum absolute atomic E-state index is 10.6. The standard InChI is InChI=1S/C11H16O3Si/c1-15(2,3)14-8-9-4-6-10(7-5-9)11(12)13/h4-7H,8H2,1-3H3,(H,12,13). The molecule has 0 saturated carbocycles. The highest BCUT2D eigenvalue weighted by atomic mass is 28.4. The largest absolute Gasteiger partial charge is 0.478 e. The van der Waals surface area contributed by atoms with Crippen molar-refractivity contribution in [2.45, 2.75) is 26.2 Å². The highest BCUT2D eigenvalue weighted by Crippen LogP contribution is 2.10. The molecular weight excluding hydrogens is 208 g/mol. The Morgan fingerprint density at radius 3 is 2.20 bits per heavy atom. The maximum atomic E-state index is 10.6. The van der Waals surface area contributed by atoms with Gasteiger partial charge in [0.15, 0.2) is 8.32 Å². The van der Waals surface area contributed by atoms with Gasteiger partial charge in [-0.2, -0.15) is 0 Å². The molecule has 0 atom stereocenters. The molecule has 0 radical (unpaired) electrons. The summed E-state index contributed by atoms with van der Waals surface area (Å²) < 4.78 is 5.71. The monoisotopic (exact) mass is 224 g/mol. The predicted octanol–water partition coefficient (Wildman–Crippen LogP) is 2.74. The average molecular weight is 224 g/mol. The van der Waals surface area contributed by atoms with Gasteiger partial charge < -0.3 is 9.53 Å². The maximum Gasteiger partial charge on any atom is 0.335 e. The van der Waals surface area contributed by atoms with E-state index in [9.17, 15) is 4.79 Å². The predicted molar refractivity (Wildman–Crippen MR) is 61.5 cm³/mol. The molecular formula is C11H16O3Si. The number of rotatable bonds is 4. The fourth-order valence-electron chi connectivity index (χ4n) is 1.04. The summed E-state index contributed by atoms with van der Waals surface area (Å²) >= 11 is 0. The first kappa shape index (κ1) is 11.9. The number of hydrogen-bond donors (Lipinski definition) is 1. The van der Waals surface area contributed by atoms with E-state index >= 15 is 0 Å². The SMILES string of the molecule is C[Si](C)(C)OCc1ccc(C(=O)O)cc1. The number of carboxylic acids is 1. The third-order valence-electron chi connectivity index (χ3n) is 1.87. The van der Waals surface area contributed by atoms with Gasteiger partial charge in [0.1, 0.15) is 0 Å². The Hall–Kier alpha value is -1.13. The molecule has 82 valence electrons. The molecule has 1 rings (SSSR count). The quantitative estimate of drug-likeness (QED) is 0.800. The van der Waals surface area contributed by atoms with Gasteiger partial charge in [0.25, 0.3) is 0 Å². The average Bonchev–Trinajstić information content (AvgIpc) is 2.14. The number of carbonyl (C=O) groups is 1. The summed E-state index contributed by atoms with van der Waals surface area (Å²) in [6, 6.07) is 6.80. The zero-order valence-electron chi connectivity index (χ0n) is 9.28. The molecule has 1 aromatic carbocycles. The van der Waals surface area contributed by atoms with Crippen LogP contribution >= 0.6 is 0 Å². The third-order valence-corrected chi connectivity index (χ3v) is 2.88. The van der Waals surface area contributed by atoms with Crippen LogP contribution in [0.5, 0.6) is 0 Å². The number of benzene rings is 1. The zero-order chi connectivity index (χ0) is 11.5. The van der Waals surface area contributed by atoms with Gasteiger partial charge in [0.05, 0.1) is 12.2 Å². The second kappa shape index (κ2) is 4.59. The first-order chi connectivity index (χ1) is 6.88. The van der Waals surface area contributed by atoms with Crippen molar-refractivity contribution in [3.8, 4) is 0 Å². The summed E-state index contributed by atoms with van der Waals surface area (Å²) in [5, 5.41) is 8.71. The lowest BCUT2D eigenvalue weighted by atomic mass is 10.1. The molecule has 4 heteroatoms. The van der Waals surface area contributed by atoms with Crippen LogP contribution < -0.4 is 0 Å². The smallest absolute Gasteiger partial charge is 0.335 e. The molecule has 0 spiro atoms. The van der Waals surface area contributed by atoms with E-state index in [4.69, 9.17) is 9.53 Å². The van der Waals surface area contributed by atoms with Crippen LogP contribution in [-0.4, -0.2) is 19.4 Å². The summed E-state index contributed by atoms with van der Waals surface area (Å²) in [5.41, 5.74) is 1.33. The van der Waals surface area contributed by atoms with Crippen molar-refractivity contribution in [3.05, 3.63) is 35.4 Å². The van der Waals surface area contributed by atoms with Crippen LogP contribution in [-0.2, 0) is 11.0 Å². The van der Waals surface area contributed by atoms with Gasteiger partial charge in [0.2, 0.25) is 0 Å². The van der Waals surface area contributed by atoms with Crippen molar-refractivity contribution < 1.29 is 14.3 Å². The van der Waals surface area contributed by atoms with Crippen molar-refractivity contribution in [3.63, 3.8) is 0 Å². The van der Waals surface area contributed by atoms with E-state index < -0.39 is 14.3 Å². The van der Waals surface area contributed by atoms with Gasteiger partial charge in [-0.25, -0.2) is 4.79 Å². The Labute approximate surface area is 90.8 Å². The fraction of sp³-hybridized carbons (Fsp3) is 0.364. The number of carboxylic acid groups (broad SMARTS) is 1. The first-order valence-electron chi connectivity index (χ1n) is 4.85. The van der Waals surface area contributed by atoms with E-state index in [-0.39, 0.29) is 0 Å². The summed E-state index contributed by atoms with van der Waals surface area (Å²) in [6.07, 6.45) is 0. The van der Waals surface area contributed by atoms with E-state index in [1.54, 1.807) is 24.3 Å². The molecule has 0 amide bonds. The van der Waals surface area contributed by atoms with Gasteiger partial charge in [-0.1, -0.05) is 12.1 Å². The molecule has 0 bridgehead atoms. The van der Waals surface area contributed by atoms with Crippen molar-refractivity contribution >= 4 is 14.3 Å².